The van der Waals surface area contributed by atoms with Crippen LogP contribution in [0.15, 0.2) is 84.2 Å². The highest BCUT2D eigenvalue weighted by Gasteiger charge is 2.24. The van der Waals surface area contributed by atoms with Crippen LogP contribution in [-0.2, 0) is 11.3 Å². The first-order chi connectivity index (χ1) is 17.2. The summed E-state index contributed by atoms with van der Waals surface area (Å²) in [4.78, 5) is 31.1. The van der Waals surface area contributed by atoms with Crippen molar-refractivity contribution in [1.82, 2.24) is 19.7 Å². The van der Waals surface area contributed by atoms with Gasteiger partial charge in [0.25, 0.3) is 11.8 Å². The van der Waals surface area contributed by atoms with Gasteiger partial charge in [0, 0.05) is 31.0 Å². The van der Waals surface area contributed by atoms with E-state index in [0.717, 1.165) is 24.1 Å². The molecule has 178 valence electrons. The third kappa shape index (κ3) is 5.47. The minimum absolute atomic E-state index is 0.00999. The minimum Gasteiger partial charge on any atom is -0.472 e. The van der Waals surface area contributed by atoms with Crippen LogP contribution in [0.3, 0.4) is 0 Å². The average molecular weight is 472 g/mol. The fourth-order valence-electron chi connectivity index (χ4n) is 3.99. The van der Waals surface area contributed by atoms with Gasteiger partial charge in [-0.05, 0) is 54.8 Å². The molecule has 1 N–H and O–H groups in total. The summed E-state index contributed by atoms with van der Waals surface area (Å²) >= 11 is 0. The van der Waals surface area contributed by atoms with Crippen LogP contribution in [0, 0.1) is 0 Å². The fraction of sp³-hybridized carbons (Fsp3) is 0.231. The van der Waals surface area contributed by atoms with Crippen LogP contribution in [0.1, 0.15) is 39.1 Å². The number of furan rings is 1. The lowest BCUT2D eigenvalue weighted by Gasteiger charge is -2.32. The number of nitrogens with zero attached hydrogens (tertiary/aromatic N) is 4. The predicted octanol–water partition coefficient (Wildman–Crippen LogP) is 3.93. The molecule has 2 amide bonds. The van der Waals surface area contributed by atoms with Crippen LogP contribution in [0.2, 0.25) is 0 Å². The van der Waals surface area contributed by atoms with Crippen molar-refractivity contribution in [2.75, 3.05) is 18.4 Å². The van der Waals surface area contributed by atoms with Crippen LogP contribution >= 0.6 is 0 Å². The Morgan fingerprint density at radius 3 is 2.60 bits per heavy atom. The number of piperidine rings is 1. The molecule has 0 aliphatic carbocycles. The van der Waals surface area contributed by atoms with Crippen molar-refractivity contribution >= 4 is 17.5 Å². The van der Waals surface area contributed by atoms with Gasteiger partial charge in [-0.15, -0.1) is 0 Å². The van der Waals surface area contributed by atoms with Gasteiger partial charge in [0.15, 0.2) is 0 Å². The topological polar surface area (TPSA) is 102 Å². The molecule has 3 aromatic heterocycles. The molecule has 9 heteroatoms. The number of nitrogens with one attached hydrogen (secondary N) is 1. The molecule has 0 spiro atoms. The van der Waals surface area contributed by atoms with E-state index < -0.39 is 0 Å². The Labute approximate surface area is 202 Å². The number of benzene rings is 1. The van der Waals surface area contributed by atoms with Gasteiger partial charge in [0.1, 0.15) is 6.26 Å². The number of ether oxygens (including phenoxy) is 1. The number of pyridine rings is 1. The standard InChI is InChI=1S/C26H25N5O4/c32-25(21-9-13-34-18-21)29-22-15-28-31(16-22)23-5-3-20(4-6-23)26(33)30-11-7-24(8-12-30)35-17-19-2-1-10-27-14-19/h1-6,9-10,13-16,18,24H,7-8,11-12,17H2,(H,29,32). The quantitative estimate of drug-likeness (QED) is 0.438. The van der Waals surface area contributed by atoms with E-state index in [2.05, 4.69) is 15.4 Å². The first kappa shape index (κ1) is 22.5. The summed E-state index contributed by atoms with van der Waals surface area (Å²) in [5, 5.41) is 7.07. The maximum Gasteiger partial charge on any atom is 0.259 e. The van der Waals surface area contributed by atoms with E-state index in [1.165, 1.54) is 12.5 Å². The number of amides is 2. The molecule has 1 aliphatic heterocycles. The first-order valence-corrected chi connectivity index (χ1v) is 11.4. The van der Waals surface area contributed by atoms with E-state index in [1.54, 1.807) is 41.5 Å². The molecule has 0 unspecified atom stereocenters. The summed E-state index contributed by atoms with van der Waals surface area (Å²) in [5.41, 5.74) is 3.46. The zero-order valence-electron chi connectivity index (χ0n) is 19.0. The van der Waals surface area contributed by atoms with E-state index in [-0.39, 0.29) is 17.9 Å². The molecular formula is C26H25N5O4. The molecule has 1 aliphatic rings. The van der Waals surface area contributed by atoms with Crippen molar-refractivity contribution in [2.45, 2.75) is 25.6 Å². The van der Waals surface area contributed by atoms with E-state index in [4.69, 9.17) is 9.15 Å². The molecule has 5 rings (SSSR count). The van der Waals surface area contributed by atoms with Gasteiger partial charge in [0.05, 0.1) is 48.3 Å². The number of carbonyl (C=O) groups is 2. The fourth-order valence-corrected chi connectivity index (χ4v) is 3.99. The van der Waals surface area contributed by atoms with Crippen molar-refractivity contribution in [3.63, 3.8) is 0 Å². The maximum absolute atomic E-state index is 13.0. The predicted molar refractivity (Wildman–Crippen MR) is 128 cm³/mol. The summed E-state index contributed by atoms with van der Waals surface area (Å²) in [6, 6.07) is 12.8. The number of carbonyl (C=O) groups excluding carboxylic acids is 2. The third-order valence-electron chi connectivity index (χ3n) is 5.94. The number of anilines is 1. The summed E-state index contributed by atoms with van der Waals surface area (Å²) in [6.07, 6.45) is 11.4. The van der Waals surface area contributed by atoms with Crippen molar-refractivity contribution in [3.8, 4) is 5.69 Å². The molecule has 1 fully saturated rings. The Morgan fingerprint density at radius 2 is 1.89 bits per heavy atom. The Kier molecular flexibility index (Phi) is 6.67. The zero-order valence-corrected chi connectivity index (χ0v) is 19.0. The van der Waals surface area contributed by atoms with Gasteiger partial charge >= 0.3 is 0 Å². The lowest BCUT2D eigenvalue weighted by atomic mass is 10.1. The smallest absolute Gasteiger partial charge is 0.259 e. The number of hydrogen-bond acceptors (Lipinski definition) is 6. The summed E-state index contributed by atoms with van der Waals surface area (Å²) in [7, 11) is 0. The van der Waals surface area contributed by atoms with Crippen LogP contribution in [0.5, 0.6) is 0 Å². The van der Waals surface area contributed by atoms with Crippen molar-refractivity contribution < 1.29 is 18.7 Å². The Bertz CT molecular complexity index is 1260. The molecule has 35 heavy (non-hydrogen) atoms. The SMILES string of the molecule is O=C(Nc1cnn(-c2ccc(C(=O)N3CCC(OCc4cccnc4)CC3)cc2)c1)c1ccoc1. The van der Waals surface area contributed by atoms with Gasteiger partial charge in [0.2, 0.25) is 0 Å². The van der Waals surface area contributed by atoms with Crippen LogP contribution < -0.4 is 5.32 Å². The van der Waals surface area contributed by atoms with Crippen molar-refractivity contribution in [3.05, 3.63) is 96.5 Å². The molecule has 0 radical (unpaired) electrons. The van der Waals surface area contributed by atoms with Gasteiger partial charge in [-0.3, -0.25) is 14.6 Å². The van der Waals surface area contributed by atoms with Gasteiger partial charge in [-0.1, -0.05) is 6.07 Å². The van der Waals surface area contributed by atoms with E-state index in [0.29, 0.717) is 36.5 Å². The molecule has 9 nitrogen and oxygen atoms in total. The zero-order chi connectivity index (χ0) is 24.0. The number of aromatic nitrogens is 3. The van der Waals surface area contributed by atoms with Crippen LogP contribution in [-0.4, -0.2) is 50.7 Å². The summed E-state index contributed by atoms with van der Waals surface area (Å²) < 4.78 is 12.6. The van der Waals surface area contributed by atoms with Crippen molar-refractivity contribution in [1.29, 1.82) is 0 Å². The second-order valence-corrected chi connectivity index (χ2v) is 8.35. The Morgan fingerprint density at radius 1 is 1.06 bits per heavy atom. The third-order valence-corrected chi connectivity index (χ3v) is 5.94. The monoisotopic (exact) mass is 471 g/mol. The molecule has 1 saturated heterocycles. The maximum atomic E-state index is 13.0. The first-order valence-electron chi connectivity index (χ1n) is 11.4. The average Bonchev–Trinajstić information content (AvgIpc) is 3.61. The molecule has 0 saturated carbocycles. The highest BCUT2D eigenvalue weighted by molar-refractivity contribution is 6.03. The normalized spacial score (nSPS) is 14.1. The minimum atomic E-state index is -0.273. The van der Waals surface area contributed by atoms with Gasteiger partial charge in [-0.25, -0.2) is 4.68 Å². The molecule has 0 atom stereocenters. The molecule has 4 aromatic rings. The number of rotatable bonds is 7. The molecule has 4 heterocycles. The molecule has 1 aromatic carbocycles. The van der Waals surface area contributed by atoms with E-state index in [1.807, 2.05) is 35.4 Å². The van der Waals surface area contributed by atoms with Gasteiger partial charge in [-0.2, -0.15) is 5.10 Å². The Hall–Kier alpha value is -4.24. The van der Waals surface area contributed by atoms with Crippen molar-refractivity contribution in [2.24, 2.45) is 0 Å². The Balaban J connectivity index is 1.13. The van der Waals surface area contributed by atoms with Crippen LogP contribution in [0.25, 0.3) is 5.69 Å². The lowest BCUT2D eigenvalue weighted by Crippen LogP contribution is -2.40. The van der Waals surface area contributed by atoms with Crippen LogP contribution in [0.4, 0.5) is 5.69 Å². The lowest BCUT2D eigenvalue weighted by molar-refractivity contribution is -0.000471. The van der Waals surface area contributed by atoms with Gasteiger partial charge < -0.3 is 19.4 Å². The highest BCUT2D eigenvalue weighted by atomic mass is 16.5. The highest BCUT2D eigenvalue weighted by Crippen LogP contribution is 2.19. The van der Waals surface area contributed by atoms with E-state index in [9.17, 15) is 9.59 Å². The second-order valence-electron chi connectivity index (χ2n) is 8.35. The molecular weight excluding hydrogens is 446 g/mol. The second kappa shape index (κ2) is 10.4. The summed E-state index contributed by atoms with van der Waals surface area (Å²) in [6.45, 7) is 1.87. The van der Waals surface area contributed by atoms with E-state index >= 15 is 0 Å². The molecule has 0 bridgehead atoms. The summed E-state index contributed by atoms with van der Waals surface area (Å²) in [5.74, 6) is -0.263. The number of likely N-dealkylation sites (tertiary alicyclic amines) is 1. The number of hydrogen-bond donors (Lipinski definition) is 1. The largest absolute Gasteiger partial charge is 0.472 e.